The summed E-state index contributed by atoms with van der Waals surface area (Å²) in [5.41, 5.74) is 5.53. The largest absolute Gasteiger partial charge is 0.315 e. The minimum atomic E-state index is 0.0528. The third-order valence-corrected chi connectivity index (χ3v) is 4.68. The van der Waals surface area contributed by atoms with Gasteiger partial charge in [-0.25, -0.2) is 0 Å². The first-order chi connectivity index (χ1) is 13.0. The molecule has 0 saturated carbocycles. The van der Waals surface area contributed by atoms with Gasteiger partial charge in [-0.15, -0.1) is 0 Å². The number of hydrogen-bond acceptors (Lipinski definition) is 3. The molecule has 1 heterocycles. The second-order valence-corrected chi connectivity index (χ2v) is 6.57. The van der Waals surface area contributed by atoms with Gasteiger partial charge in [-0.1, -0.05) is 37.3 Å². The maximum Gasteiger partial charge on any atom is 0.226 e. The molecule has 0 aliphatic heterocycles. The number of carbonyl (C=O) groups excluding carboxylic acids is 2. The van der Waals surface area contributed by atoms with E-state index in [-0.39, 0.29) is 11.7 Å². The Kier molecular flexibility index (Phi) is 5.50. The lowest BCUT2D eigenvalue weighted by Crippen LogP contribution is -2.25. The molecule has 1 N–H and O–H groups in total. The summed E-state index contributed by atoms with van der Waals surface area (Å²) in [4.78, 5) is 26.0. The number of nitrogens with one attached hydrogen (secondary N) is 1. The highest BCUT2D eigenvalue weighted by Gasteiger charge is 2.12. The van der Waals surface area contributed by atoms with Crippen molar-refractivity contribution < 1.29 is 9.59 Å². The fraction of sp³-hybridized carbons (Fsp3) is 0.227. The summed E-state index contributed by atoms with van der Waals surface area (Å²) in [7, 11) is 1.80. The maximum absolute atomic E-state index is 12.3. The van der Waals surface area contributed by atoms with Crippen LogP contribution in [0.2, 0.25) is 0 Å². The minimum absolute atomic E-state index is 0.0528. The van der Waals surface area contributed by atoms with Gasteiger partial charge in [0.25, 0.3) is 0 Å². The summed E-state index contributed by atoms with van der Waals surface area (Å²) >= 11 is 0. The Hall–Kier alpha value is -3.21. The van der Waals surface area contributed by atoms with Crippen molar-refractivity contribution in [3.8, 4) is 11.1 Å². The number of aromatic amines is 1. The molecule has 0 fully saturated rings. The predicted octanol–water partition coefficient (Wildman–Crippen LogP) is 4.18. The lowest BCUT2D eigenvalue weighted by molar-refractivity contribution is -0.118. The molecule has 0 atom stereocenters. The molecule has 3 aromatic rings. The third kappa shape index (κ3) is 4.14. The number of carbonyl (C=O) groups is 2. The van der Waals surface area contributed by atoms with E-state index in [9.17, 15) is 9.59 Å². The van der Waals surface area contributed by atoms with Gasteiger partial charge in [-0.2, -0.15) is 5.10 Å². The highest BCUT2D eigenvalue weighted by molar-refractivity contribution is 5.97. The number of aromatic nitrogens is 2. The number of nitrogens with zero attached hydrogens (tertiary/aromatic N) is 2. The van der Waals surface area contributed by atoms with Crippen LogP contribution in [0.3, 0.4) is 0 Å². The molecule has 0 radical (unpaired) electrons. The average Bonchev–Trinajstić information content (AvgIpc) is 3.19. The van der Waals surface area contributed by atoms with Crippen molar-refractivity contribution in [1.29, 1.82) is 0 Å². The molecule has 0 unspecified atom stereocenters. The van der Waals surface area contributed by atoms with Gasteiger partial charge in [-0.3, -0.25) is 14.7 Å². The normalized spacial score (nSPS) is 10.6. The Morgan fingerprint density at radius 2 is 1.74 bits per heavy atom. The van der Waals surface area contributed by atoms with Crippen molar-refractivity contribution >= 4 is 17.4 Å². The van der Waals surface area contributed by atoms with E-state index in [1.807, 2.05) is 50.2 Å². The molecule has 3 rings (SSSR count). The second kappa shape index (κ2) is 7.99. The molecule has 5 nitrogen and oxygen atoms in total. The van der Waals surface area contributed by atoms with Crippen LogP contribution < -0.4 is 4.90 Å². The first kappa shape index (κ1) is 18.6. The fourth-order valence-corrected chi connectivity index (χ4v) is 3.09. The standard InChI is InChI=1S/C22H23N3O2/c1-4-22(27)25(3)20-10-9-18(13-15(20)2)16-5-7-17(8-6-16)21(26)14-19-11-12-23-24-19/h5-13H,4,14H2,1-3H3,(H,23,24). The van der Waals surface area contributed by atoms with Crippen molar-refractivity contribution in [2.24, 2.45) is 0 Å². The number of hydrogen-bond donors (Lipinski definition) is 1. The Bertz CT molecular complexity index is 944. The number of benzene rings is 2. The molecule has 0 bridgehead atoms. The maximum atomic E-state index is 12.3. The summed E-state index contributed by atoms with van der Waals surface area (Å²) in [5.74, 6) is 0.142. The molecule has 138 valence electrons. The van der Waals surface area contributed by atoms with Crippen LogP contribution in [0.25, 0.3) is 11.1 Å². The third-order valence-electron chi connectivity index (χ3n) is 4.68. The van der Waals surface area contributed by atoms with Crippen molar-refractivity contribution in [2.45, 2.75) is 26.7 Å². The van der Waals surface area contributed by atoms with E-state index in [0.717, 1.165) is 28.1 Å². The molecule has 1 amide bonds. The molecule has 0 aliphatic rings. The molecule has 0 spiro atoms. The lowest BCUT2D eigenvalue weighted by Gasteiger charge is -2.19. The number of amides is 1. The van der Waals surface area contributed by atoms with Crippen molar-refractivity contribution in [3.05, 3.63) is 71.5 Å². The Morgan fingerprint density at radius 1 is 1.04 bits per heavy atom. The van der Waals surface area contributed by atoms with E-state index in [4.69, 9.17) is 0 Å². The monoisotopic (exact) mass is 361 g/mol. The molecular formula is C22H23N3O2. The van der Waals surface area contributed by atoms with Gasteiger partial charge in [0.05, 0.1) is 6.42 Å². The molecule has 1 aromatic heterocycles. The summed E-state index contributed by atoms with van der Waals surface area (Å²) in [6.45, 7) is 3.86. The predicted molar refractivity (Wildman–Crippen MR) is 107 cm³/mol. The highest BCUT2D eigenvalue weighted by Crippen LogP contribution is 2.27. The van der Waals surface area contributed by atoms with Gasteiger partial charge in [0, 0.05) is 36.6 Å². The quantitative estimate of drug-likeness (QED) is 0.670. The average molecular weight is 361 g/mol. The zero-order valence-corrected chi connectivity index (χ0v) is 15.8. The zero-order valence-electron chi connectivity index (χ0n) is 15.8. The van der Waals surface area contributed by atoms with Crippen LogP contribution in [0.15, 0.2) is 54.7 Å². The van der Waals surface area contributed by atoms with Gasteiger partial charge in [0.2, 0.25) is 5.91 Å². The lowest BCUT2D eigenvalue weighted by atomic mass is 9.99. The fourth-order valence-electron chi connectivity index (χ4n) is 3.09. The van der Waals surface area contributed by atoms with E-state index >= 15 is 0 Å². The first-order valence-corrected chi connectivity index (χ1v) is 8.98. The van der Waals surface area contributed by atoms with Crippen LogP contribution in [0, 0.1) is 6.92 Å². The van der Waals surface area contributed by atoms with Crippen LogP contribution in [0.4, 0.5) is 5.69 Å². The van der Waals surface area contributed by atoms with Gasteiger partial charge >= 0.3 is 0 Å². The number of H-pyrrole nitrogens is 1. The van der Waals surface area contributed by atoms with E-state index in [2.05, 4.69) is 16.3 Å². The summed E-state index contributed by atoms with van der Waals surface area (Å²) < 4.78 is 0. The molecule has 0 saturated heterocycles. The summed E-state index contributed by atoms with van der Waals surface area (Å²) in [5, 5.41) is 6.67. The Morgan fingerprint density at radius 3 is 2.33 bits per heavy atom. The highest BCUT2D eigenvalue weighted by atomic mass is 16.2. The van der Waals surface area contributed by atoms with E-state index < -0.39 is 0 Å². The zero-order chi connectivity index (χ0) is 19.4. The summed E-state index contributed by atoms with van der Waals surface area (Å²) in [6.07, 6.45) is 2.43. The number of anilines is 1. The van der Waals surface area contributed by atoms with Crippen LogP contribution in [-0.4, -0.2) is 28.9 Å². The molecule has 27 heavy (non-hydrogen) atoms. The van der Waals surface area contributed by atoms with Crippen LogP contribution in [0.1, 0.15) is 35.0 Å². The Labute approximate surface area is 159 Å². The van der Waals surface area contributed by atoms with Gasteiger partial charge < -0.3 is 4.90 Å². The summed E-state index contributed by atoms with van der Waals surface area (Å²) in [6, 6.07) is 15.4. The van der Waals surface area contributed by atoms with Crippen molar-refractivity contribution in [2.75, 3.05) is 11.9 Å². The topological polar surface area (TPSA) is 66.1 Å². The second-order valence-electron chi connectivity index (χ2n) is 6.57. The van der Waals surface area contributed by atoms with E-state index in [0.29, 0.717) is 18.4 Å². The smallest absolute Gasteiger partial charge is 0.226 e. The number of aryl methyl sites for hydroxylation is 1. The SMILES string of the molecule is CCC(=O)N(C)c1ccc(-c2ccc(C(=O)Cc3ccn[nH]3)cc2)cc1C. The minimum Gasteiger partial charge on any atom is -0.315 e. The van der Waals surface area contributed by atoms with Gasteiger partial charge in [-0.05, 0) is 41.8 Å². The van der Waals surface area contributed by atoms with E-state index in [1.165, 1.54) is 0 Å². The number of ketones is 1. The van der Waals surface area contributed by atoms with Crippen LogP contribution >= 0.6 is 0 Å². The van der Waals surface area contributed by atoms with Crippen LogP contribution in [0.5, 0.6) is 0 Å². The molecule has 2 aromatic carbocycles. The van der Waals surface area contributed by atoms with Crippen molar-refractivity contribution in [3.63, 3.8) is 0 Å². The molecule has 0 aliphatic carbocycles. The van der Waals surface area contributed by atoms with Crippen LogP contribution in [-0.2, 0) is 11.2 Å². The van der Waals surface area contributed by atoms with Crippen molar-refractivity contribution in [1.82, 2.24) is 10.2 Å². The Balaban J connectivity index is 1.78. The molecular weight excluding hydrogens is 338 g/mol. The van der Waals surface area contributed by atoms with Gasteiger partial charge in [0.1, 0.15) is 0 Å². The van der Waals surface area contributed by atoms with E-state index in [1.54, 1.807) is 24.2 Å². The molecule has 5 heteroatoms. The number of Topliss-reactive ketones (excluding diaryl/α,β-unsaturated/α-hetero) is 1. The number of rotatable bonds is 6. The van der Waals surface area contributed by atoms with Gasteiger partial charge in [0.15, 0.2) is 5.78 Å². The first-order valence-electron chi connectivity index (χ1n) is 8.98.